The van der Waals surface area contributed by atoms with Crippen molar-refractivity contribution in [3.63, 3.8) is 0 Å². The fourth-order valence-corrected chi connectivity index (χ4v) is 3.34. The van der Waals surface area contributed by atoms with Gasteiger partial charge >= 0.3 is 0 Å². The number of aliphatic hydroxyl groups is 1. The number of rotatable bonds is 7. The van der Waals surface area contributed by atoms with Crippen LogP contribution in [0.3, 0.4) is 0 Å². The first-order valence-corrected chi connectivity index (χ1v) is 10.3. The number of aliphatic hydroxyl groups excluding tert-OH is 1. The van der Waals surface area contributed by atoms with Gasteiger partial charge in [-0.1, -0.05) is 48.0 Å². The molecular formula is C26H22ClNO2. The summed E-state index contributed by atoms with van der Waals surface area (Å²) in [4.78, 5) is 4.62. The average molecular weight is 416 g/mol. The normalized spacial score (nSPS) is 11.6. The average Bonchev–Trinajstić information content (AvgIpc) is 2.79. The Balaban J connectivity index is 1.32. The maximum Gasteiger partial charge on any atom is 0.130 e. The molecule has 0 unspecified atom stereocenters. The summed E-state index contributed by atoms with van der Waals surface area (Å²) in [6, 6.07) is 27.3. The molecule has 30 heavy (non-hydrogen) atoms. The van der Waals surface area contributed by atoms with Gasteiger partial charge in [0.2, 0.25) is 0 Å². The minimum atomic E-state index is 0.270. The van der Waals surface area contributed by atoms with Crippen molar-refractivity contribution in [3.05, 3.63) is 113 Å². The standard InChI is InChI=1S/C26H22ClNO2/c27-22-13-8-19(9-14-22)4-3-7-26(29)21-11-16-24(17-12-21)30-18-23-15-10-20-5-1-2-6-25(20)28-23/h1-2,5-17,29H,3-4,18H2. The van der Waals surface area contributed by atoms with E-state index in [9.17, 15) is 5.11 Å². The number of aromatic nitrogens is 1. The number of nitrogens with zero attached hydrogens (tertiary/aromatic N) is 1. The van der Waals surface area contributed by atoms with Crippen molar-refractivity contribution in [2.24, 2.45) is 0 Å². The third kappa shape index (κ3) is 5.19. The lowest BCUT2D eigenvalue weighted by atomic mass is 10.1. The van der Waals surface area contributed by atoms with Crippen molar-refractivity contribution in [1.29, 1.82) is 0 Å². The van der Waals surface area contributed by atoms with Gasteiger partial charge in [0.1, 0.15) is 18.1 Å². The van der Waals surface area contributed by atoms with Crippen LogP contribution in [0.5, 0.6) is 5.75 Å². The van der Waals surface area contributed by atoms with Crippen LogP contribution < -0.4 is 4.74 Å². The van der Waals surface area contributed by atoms with Crippen LogP contribution in [0.1, 0.15) is 23.2 Å². The van der Waals surface area contributed by atoms with E-state index in [0.717, 1.165) is 45.8 Å². The summed E-state index contributed by atoms with van der Waals surface area (Å²) in [6.45, 7) is 0.396. The highest BCUT2D eigenvalue weighted by Gasteiger charge is 2.03. The Morgan fingerprint density at radius 2 is 1.67 bits per heavy atom. The number of pyridine rings is 1. The number of para-hydroxylation sites is 1. The zero-order chi connectivity index (χ0) is 20.8. The molecule has 0 spiro atoms. The van der Waals surface area contributed by atoms with Gasteiger partial charge in [-0.2, -0.15) is 0 Å². The van der Waals surface area contributed by atoms with E-state index < -0.39 is 0 Å². The van der Waals surface area contributed by atoms with Crippen LogP contribution in [-0.2, 0) is 13.0 Å². The Labute approximate surface area is 181 Å². The highest BCUT2D eigenvalue weighted by Crippen LogP contribution is 2.20. The van der Waals surface area contributed by atoms with Crippen LogP contribution in [0.2, 0.25) is 5.02 Å². The number of halogens is 1. The zero-order valence-corrected chi connectivity index (χ0v) is 17.2. The molecule has 0 amide bonds. The van der Waals surface area contributed by atoms with Crippen molar-refractivity contribution in [2.75, 3.05) is 0 Å². The van der Waals surface area contributed by atoms with E-state index in [0.29, 0.717) is 6.61 Å². The quantitative estimate of drug-likeness (QED) is 0.330. The Hall–Kier alpha value is -3.30. The third-order valence-electron chi connectivity index (χ3n) is 4.88. The largest absolute Gasteiger partial charge is 0.508 e. The predicted molar refractivity (Wildman–Crippen MR) is 123 cm³/mol. The van der Waals surface area contributed by atoms with Crippen molar-refractivity contribution in [2.45, 2.75) is 19.4 Å². The first-order chi connectivity index (χ1) is 14.7. The summed E-state index contributed by atoms with van der Waals surface area (Å²) in [5.41, 5.74) is 3.79. The molecule has 0 bridgehead atoms. The van der Waals surface area contributed by atoms with Crippen molar-refractivity contribution >= 4 is 28.3 Å². The molecule has 1 aromatic heterocycles. The number of aryl methyl sites for hydroxylation is 1. The summed E-state index contributed by atoms with van der Waals surface area (Å²) in [5, 5.41) is 12.2. The molecule has 0 fully saturated rings. The fraction of sp³-hybridized carbons (Fsp3) is 0.115. The van der Waals surface area contributed by atoms with Gasteiger partial charge in [0, 0.05) is 16.0 Å². The van der Waals surface area contributed by atoms with E-state index in [4.69, 9.17) is 16.3 Å². The molecule has 0 saturated carbocycles. The number of hydrogen-bond donors (Lipinski definition) is 1. The second-order valence-electron chi connectivity index (χ2n) is 7.06. The maximum atomic E-state index is 10.3. The number of allylic oxidation sites excluding steroid dienone is 1. The van der Waals surface area contributed by atoms with Gasteiger partial charge in [0.15, 0.2) is 0 Å². The molecule has 0 radical (unpaired) electrons. The smallest absolute Gasteiger partial charge is 0.130 e. The summed E-state index contributed by atoms with van der Waals surface area (Å²) < 4.78 is 5.85. The topological polar surface area (TPSA) is 42.4 Å². The van der Waals surface area contributed by atoms with Gasteiger partial charge in [0.05, 0.1) is 11.2 Å². The second-order valence-corrected chi connectivity index (χ2v) is 7.50. The van der Waals surface area contributed by atoms with Crippen LogP contribution in [0.25, 0.3) is 16.7 Å². The Kier molecular flexibility index (Phi) is 6.31. The third-order valence-corrected chi connectivity index (χ3v) is 5.13. The molecule has 3 aromatic carbocycles. The first-order valence-electron chi connectivity index (χ1n) is 9.89. The molecule has 0 aliphatic rings. The predicted octanol–water partition coefficient (Wildman–Crippen LogP) is 7.00. The zero-order valence-electron chi connectivity index (χ0n) is 16.5. The van der Waals surface area contributed by atoms with Crippen LogP contribution in [0.15, 0.2) is 91.0 Å². The van der Waals surface area contributed by atoms with Crippen LogP contribution in [-0.4, -0.2) is 10.1 Å². The van der Waals surface area contributed by atoms with E-state index >= 15 is 0 Å². The van der Waals surface area contributed by atoms with E-state index in [1.165, 1.54) is 5.56 Å². The van der Waals surface area contributed by atoms with E-state index in [1.54, 1.807) is 0 Å². The summed E-state index contributed by atoms with van der Waals surface area (Å²) in [6.07, 6.45) is 3.43. The minimum absolute atomic E-state index is 0.270. The molecule has 0 aliphatic carbocycles. The van der Waals surface area contributed by atoms with Crippen molar-refractivity contribution in [3.8, 4) is 5.75 Å². The molecule has 1 N–H and O–H groups in total. The Morgan fingerprint density at radius 1 is 0.900 bits per heavy atom. The fourth-order valence-electron chi connectivity index (χ4n) is 3.21. The molecule has 3 nitrogen and oxygen atoms in total. The highest BCUT2D eigenvalue weighted by molar-refractivity contribution is 6.30. The number of ether oxygens (including phenoxy) is 1. The molecule has 0 saturated heterocycles. The summed E-state index contributed by atoms with van der Waals surface area (Å²) in [7, 11) is 0. The number of fused-ring (bicyclic) bond motifs is 1. The lowest BCUT2D eigenvalue weighted by molar-refractivity contribution is 0.302. The first kappa shape index (κ1) is 20.0. The van der Waals surface area contributed by atoms with Crippen LogP contribution in [0, 0.1) is 0 Å². The molecular weight excluding hydrogens is 394 g/mol. The molecule has 4 heteroatoms. The van der Waals surface area contributed by atoms with Gasteiger partial charge < -0.3 is 9.84 Å². The van der Waals surface area contributed by atoms with Gasteiger partial charge in [0.25, 0.3) is 0 Å². The van der Waals surface area contributed by atoms with Gasteiger partial charge in [-0.3, -0.25) is 0 Å². The van der Waals surface area contributed by atoms with Gasteiger partial charge in [-0.25, -0.2) is 4.98 Å². The lowest BCUT2D eigenvalue weighted by Gasteiger charge is -2.08. The van der Waals surface area contributed by atoms with Gasteiger partial charge in [-0.05, 0) is 73.0 Å². The lowest BCUT2D eigenvalue weighted by Crippen LogP contribution is -1.98. The minimum Gasteiger partial charge on any atom is -0.508 e. The molecule has 1 heterocycles. The van der Waals surface area contributed by atoms with E-state index in [2.05, 4.69) is 11.1 Å². The molecule has 0 atom stereocenters. The second kappa shape index (κ2) is 9.47. The van der Waals surface area contributed by atoms with Crippen molar-refractivity contribution in [1.82, 2.24) is 4.98 Å². The summed E-state index contributed by atoms with van der Waals surface area (Å²) >= 11 is 5.90. The SMILES string of the molecule is OC(=CCCc1ccc(Cl)cc1)c1ccc(OCc2ccc3ccccc3n2)cc1. The van der Waals surface area contributed by atoms with E-state index in [-0.39, 0.29) is 5.76 Å². The molecule has 150 valence electrons. The van der Waals surface area contributed by atoms with Crippen LogP contribution in [0.4, 0.5) is 0 Å². The van der Waals surface area contributed by atoms with Gasteiger partial charge in [-0.15, -0.1) is 0 Å². The number of hydrogen-bond acceptors (Lipinski definition) is 3. The highest BCUT2D eigenvalue weighted by atomic mass is 35.5. The molecule has 4 aromatic rings. The molecule has 0 aliphatic heterocycles. The van der Waals surface area contributed by atoms with Crippen molar-refractivity contribution < 1.29 is 9.84 Å². The monoisotopic (exact) mass is 415 g/mol. The number of benzene rings is 3. The molecule has 4 rings (SSSR count). The van der Waals surface area contributed by atoms with E-state index in [1.807, 2.05) is 84.9 Å². The van der Waals surface area contributed by atoms with Crippen LogP contribution >= 0.6 is 11.6 Å². The Bertz CT molecular complexity index is 1150. The Morgan fingerprint density at radius 3 is 2.47 bits per heavy atom. The summed E-state index contributed by atoms with van der Waals surface area (Å²) in [5.74, 6) is 1.01. The maximum absolute atomic E-state index is 10.3.